The van der Waals surface area contributed by atoms with E-state index in [9.17, 15) is 0 Å². The number of hydrogen-bond donors (Lipinski definition) is 2. The Hall–Kier alpha value is -2.47. The Morgan fingerprint density at radius 3 is 2.89 bits per heavy atom. The molecule has 0 aromatic carbocycles. The number of nitrogens with two attached hydrogens (primary N) is 1. The highest BCUT2D eigenvalue weighted by molar-refractivity contribution is 5.63. The molecule has 0 atom stereocenters. The zero-order chi connectivity index (χ0) is 13.1. The first-order chi connectivity index (χ1) is 9.38. The first kappa shape index (κ1) is 11.6. The van der Waals surface area contributed by atoms with E-state index in [0.29, 0.717) is 19.0 Å². The van der Waals surface area contributed by atoms with E-state index in [2.05, 4.69) is 24.9 Å². The number of pyridine rings is 1. The second kappa shape index (κ2) is 5.03. The van der Waals surface area contributed by atoms with E-state index in [1.54, 1.807) is 6.20 Å². The van der Waals surface area contributed by atoms with E-state index in [1.165, 1.54) is 0 Å². The van der Waals surface area contributed by atoms with Crippen LogP contribution in [0.2, 0.25) is 0 Å². The molecule has 3 N–H and O–H groups in total. The van der Waals surface area contributed by atoms with Gasteiger partial charge >= 0.3 is 0 Å². The van der Waals surface area contributed by atoms with E-state index >= 15 is 0 Å². The van der Waals surface area contributed by atoms with Crippen molar-refractivity contribution in [3.05, 3.63) is 42.7 Å². The van der Waals surface area contributed by atoms with E-state index in [-0.39, 0.29) is 0 Å². The molecular formula is C13H14N6. The van der Waals surface area contributed by atoms with Crippen molar-refractivity contribution in [3.63, 3.8) is 0 Å². The van der Waals surface area contributed by atoms with Crippen molar-refractivity contribution in [2.75, 3.05) is 18.4 Å². The van der Waals surface area contributed by atoms with Gasteiger partial charge in [-0.05, 0) is 24.3 Å². The van der Waals surface area contributed by atoms with Crippen LogP contribution >= 0.6 is 0 Å². The van der Waals surface area contributed by atoms with Gasteiger partial charge in [-0.25, -0.2) is 4.98 Å². The maximum absolute atomic E-state index is 5.40. The number of hydrogen-bond acceptors (Lipinski definition) is 5. The number of anilines is 1. The third-order valence-electron chi connectivity index (χ3n) is 2.81. The van der Waals surface area contributed by atoms with Gasteiger partial charge in [0, 0.05) is 24.8 Å². The lowest BCUT2D eigenvalue weighted by atomic mass is 10.3. The lowest BCUT2D eigenvalue weighted by molar-refractivity contribution is 0.929. The van der Waals surface area contributed by atoms with E-state index < -0.39 is 0 Å². The van der Waals surface area contributed by atoms with Crippen LogP contribution in [-0.2, 0) is 0 Å². The Morgan fingerprint density at radius 1 is 1.16 bits per heavy atom. The molecule has 0 radical (unpaired) electrons. The van der Waals surface area contributed by atoms with Crippen molar-refractivity contribution in [2.24, 2.45) is 5.73 Å². The molecule has 0 bridgehead atoms. The molecule has 6 nitrogen and oxygen atoms in total. The summed E-state index contributed by atoms with van der Waals surface area (Å²) in [6.45, 7) is 1.17. The molecule has 3 aromatic heterocycles. The zero-order valence-corrected chi connectivity index (χ0v) is 10.3. The zero-order valence-electron chi connectivity index (χ0n) is 10.3. The summed E-state index contributed by atoms with van der Waals surface area (Å²) in [5, 5.41) is 11.2. The van der Waals surface area contributed by atoms with Gasteiger partial charge in [-0.2, -0.15) is 0 Å². The third kappa shape index (κ3) is 2.25. The molecule has 0 saturated carbocycles. The van der Waals surface area contributed by atoms with Crippen LogP contribution in [0, 0.1) is 0 Å². The summed E-state index contributed by atoms with van der Waals surface area (Å²) in [4.78, 5) is 4.23. The Balaban J connectivity index is 1.93. The fraction of sp³-hybridized carbons (Fsp3) is 0.154. The van der Waals surface area contributed by atoms with Crippen LogP contribution in [0.15, 0.2) is 42.7 Å². The summed E-state index contributed by atoms with van der Waals surface area (Å²) in [6, 6.07) is 10.1. The molecule has 3 rings (SSSR count). The molecule has 0 unspecified atom stereocenters. The fourth-order valence-corrected chi connectivity index (χ4v) is 1.92. The predicted molar refractivity (Wildman–Crippen MR) is 73.8 cm³/mol. The van der Waals surface area contributed by atoms with Crippen molar-refractivity contribution in [1.29, 1.82) is 0 Å². The van der Waals surface area contributed by atoms with Crippen molar-refractivity contribution >= 4 is 11.5 Å². The predicted octanol–water partition coefficient (Wildman–Crippen LogP) is 1.16. The van der Waals surface area contributed by atoms with Crippen LogP contribution < -0.4 is 11.1 Å². The second-order valence-electron chi connectivity index (χ2n) is 4.10. The number of fused-ring (bicyclic) bond motifs is 1. The molecule has 3 heterocycles. The van der Waals surface area contributed by atoms with Gasteiger partial charge in [0.05, 0.1) is 11.9 Å². The summed E-state index contributed by atoms with van der Waals surface area (Å²) in [5.74, 6) is 0.495. The van der Waals surface area contributed by atoms with Gasteiger partial charge in [0.2, 0.25) is 5.95 Å². The van der Waals surface area contributed by atoms with Crippen molar-refractivity contribution in [1.82, 2.24) is 19.6 Å². The van der Waals surface area contributed by atoms with Gasteiger partial charge in [-0.15, -0.1) is 10.2 Å². The summed E-state index contributed by atoms with van der Waals surface area (Å²) in [6.07, 6.45) is 3.70. The van der Waals surface area contributed by atoms with Gasteiger partial charge in [0.15, 0.2) is 0 Å². The molecule has 6 heteroatoms. The van der Waals surface area contributed by atoms with Crippen molar-refractivity contribution in [2.45, 2.75) is 0 Å². The molecule has 0 saturated heterocycles. The van der Waals surface area contributed by atoms with Crippen LogP contribution in [0.3, 0.4) is 0 Å². The molecule has 0 aliphatic rings. The number of nitrogens with one attached hydrogen (secondary N) is 1. The standard InChI is InChI=1S/C13H14N6/c14-6-7-15-13-16-9-11(17-18-13)12-5-4-10-3-1-2-8-19(10)12/h1-5,8-9H,6-7,14H2,(H,15,16,18). The second-order valence-corrected chi connectivity index (χ2v) is 4.10. The number of rotatable bonds is 4. The molecule has 19 heavy (non-hydrogen) atoms. The van der Waals surface area contributed by atoms with Gasteiger partial charge in [-0.1, -0.05) is 6.07 Å². The van der Waals surface area contributed by atoms with Crippen LogP contribution in [-0.4, -0.2) is 32.7 Å². The molecule has 0 fully saturated rings. The normalized spacial score (nSPS) is 10.8. The average Bonchev–Trinajstić information content (AvgIpc) is 2.90. The van der Waals surface area contributed by atoms with Gasteiger partial charge in [0.25, 0.3) is 0 Å². The summed E-state index contributed by atoms with van der Waals surface area (Å²) in [7, 11) is 0. The van der Waals surface area contributed by atoms with Gasteiger partial charge in [0.1, 0.15) is 5.69 Å². The highest BCUT2D eigenvalue weighted by atomic mass is 15.2. The number of aromatic nitrogens is 4. The minimum Gasteiger partial charge on any atom is -0.352 e. The topological polar surface area (TPSA) is 81.1 Å². The van der Waals surface area contributed by atoms with Gasteiger partial charge < -0.3 is 15.5 Å². The van der Waals surface area contributed by atoms with E-state index in [1.807, 2.05) is 36.5 Å². The summed E-state index contributed by atoms with van der Waals surface area (Å²) in [5.41, 5.74) is 8.23. The summed E-state index contributed by atoms with van der Waals surface area (Å²) < 4.78 is 2.05. The van der Waals surface area contributed by atoms with Crippen molar-refractivity contribution in [3.8, 4) is 11.4 Å². The van der Waals surface area contributed by atoms with E-state index in [0.717, 1.165) is 16.9 Å². The Bertz CT molecular complexity index is 673. The maximum atomic E-state index is 5.40. The van der Waals surface area contributed by atoms with Crippen LogP contribution in [0.5, 0.6) is 0 Å². The Labute approximate surface area is 110 Å². The molecule has 0 spiro atoms. The minimum absolute atomic E-state index is 0.495. The molecule has 0 aliphatic heterocycles. The maximum Gasteiger partial charge on any atom is 0.242 e. The van der Waals surface area contributed by atoms with Crippen LogP contribution in [0.1, 0.15) is 0 Å². The monoisotopic (exact) mass is 254 g/mol. The molecule has 96 valence electrons. The van der Waals surface area contributed by atoms with Crippen LogP contribution in [0.4, 0.5) is 5.95 Å². The smallest absolute Gasteiger partial charge is 0.242 e. The Kier molecular flexibility index (Phi) is 3.07. The minimum atomic E-state index is 0.495. The fourth-order valence-electron chi connectivity index (χ4n) is 1.92. The molecule has 0 amide bonds. The van der Waals surface area contributed by atoms with Crippen molar-refractivity contribution < 1.29 is 0 Å². The third-order valence-corrected chi connectivity index (χ3v) is 2.81. The largest absolute Gasteiger partial charge is 0.352 e. The van der Waals surface area contributed by atoms with E-state index in [4.69, 9.17) is 5.73 Å². The quantitative estimate of drug-likeness (QED) is 0.730. The highest BCUT2D eigenvalue weighted by Gasteiger charge is 2.06. The average molecular weight is 254 g/mol. The molecule has 3 aromatic rings. The SMILES string of the molecule is NCCNc1ncc(-c2ccc3ccccn23)nn1. The number of nitrogens with zero attached hydrogens (tertiary/aromatic N) is 4. The first-order valence-electron chi connectivity index (χ1n) is 6.08. The summed E-state index contributed by atoms with van der Waals surface area (Å²) >= 11 is 0. The van der Waals surface area contributed by atoms with Crippen LogP contribution in [0.25, 0.3) is 16.9 Å². The Morgan fingerprint density at radius 2 is 2.11 bits per heavy atom. The molecule has 0 aliphatic carbocycles. The van der Waals surface area contributed by atoms with Gasteiger partial charge in [-0.3, -0.25) is 0 Å². The highest BCUT2D eigenvalue weighted by Crippen LogP contribution is 2.19. The lowest BCUT2D eigenvalue weighted by Gasteiger charge is -2.03. The molecular weight excluding hydrogens is 240 g/mol. The first-order valence-corrected chi connectivity index (χ1v) is 6.08. The lowest BCUT2D eigenvalue weighted by Crippen LogP contribution is -2.15.